The number of aryl methyl sites for hydroxylation is 1. The molecule has 1 N–H and O–H groups in total. The third-order valence-electron chi connectivity index (χ3n) is 3.89. The molecule has 2 unspecified atom stereocenters. The van der Waals surface area contributed by atoms with Gasteiger partial charge in [-0.05, 0) is 25.0 Å². The summed E-state index contributed by atoms with van der Waals surface area (Å²) in [7, 11) is 3.20. The van der Waals surface area contributed by atoms with E-state index < -0.39 is 0 Å². The monoisotopic (exact) mass is 297 g/mol. The second-order valence-electron chi connectivity index (χ2n) is 5.38. The Morgan fingerprint density at radius 1 is 1.35 bits per heavy atom. The maximum atomic E-state index is 12.0. The quantitative estimate of drug-likeness (QED) is 0.875. The van der Waals surface area contributed by atoms with Crippen LogP contribution in [-0.2, 0) is 20.6 Å². The van der Waals surface area contributed by atoms with Gasteiger partial charge in [-0.2, -0.15) is 11.8 Å². The lowest BCUT2D eigenvalue weighted by Crippen LogP contribution is -2.40. The molecular formula is C14H23N3O2S. The lowest BCUT2D eigenvalue weighted by Gasteiger charge is -2.13. The predicted molar refractivity (Wildman–Crippen MR) is 83.3 cm³/mol. The Hall–Kier alpha value is -1.01. The van der Waals surface area contributed by atoms with Gasteiger partial charge in [-0.25, -0.2) is 4.79 Å². The van der Waals surface area contributed by atoms with Gasteiger partial charge in [0.05, 0.1) is 0 Å². The van der Waals surface area contributed by atoms with Gasteiger partial charge in [0, 0.05) is 43.7 Å². The molecule has 112 valence electrons. The number of hydrogen-bond acceptors (Lipinski definition) is 4. The minimum absolute atomic E-state index is 0.196. The van der Waals surface area contributed by atoms with Crippen molar-refractivity contribution in [2.75, 3.05) is 5.75 Å². The molecule has 0 radical (unpaired) electrons. The van der Waals surface area contributed by atoms with Crippen molar-refractivity contribution in [3.63, 3.8) is 0 Å². The van der Waals surface area contributed by atoms with Gasteiger partial charge in [-0.3, -0.25) is 9.36 Å². The molecule has 20 heavy (non-hydrogen) atoms. The predicted octanol–water partition coefficient (Wildman–Crippen LogP) is 0.848. The van der Waals surface area contributed by atoms with Crippen LogP contribution in [0.25, 0.3) is 0 Å². The number of aromatic nitrogens is 2. The summed E-state index contributed by atoms with van der Waals surface area (Å²) in [5.74, 6) is 1.17. The van der Waals surface area contributed by atoms with Crippen LogP contribution in [0.4, 0.5) is 0 Å². The first kappa shape index (κ1) is 15.4. The molecule has 1 fully saturated rings. The second kappa shape index (κ2) is 6.63. The summed E-state index contributed by atoms with van der Waals surface area (Å²) in [6.07, 6.45) is 5.24. The Balaban J connectivity index is 1.99. The van der Waals surface area contributed by atoms with E-state index in [1.165, 1.54) is 41.2 Å². The molecule has 1 saturated carbocycles. The van der Waals surface area contributed by atoms with Crippen molar-refractivity contribution in [1.29, 1.82) is 0 Å². The maximum absolute atomic E-state index is 12.0. The molecule has 0 spiro atoms. The average Bonchev–Trinajstić information content (AvgIpc) is 2.87. The van der Waals surface area contributed by atoms with E-state index >= 15 is 0 Å². The van der Waals surface area contributed by atoms with Crippen LogP contribution in [0.5, 0.6) is 0 Å². The van der Waals surface area contributed by atoms with Crippen molar-refractivity contribution >= 4 is 11.8 Å². The molecule has 2 rings (SSSR count). The largest absolute Gasteiger partial charge is 0.330 e. The highest BCUT2D eigenvalue weighted by Gasteiger charge is 2.24. The molecule has 0 aliphatic heterocycles. The fourth-order valence-electron chi connectivity index (χ4n) is 2.77. The fraction of sp³-hybridized carbons (Fsp3) is 0.714. The summed E-state index contributed by atoms with van der Waals surface area (Å²) in [5, 5.41) is 4.21. The van der Waals surface area contributed by atoms with Crippen molar-refractivity contribution in [3.8, 4) is 0 Å². The van der Waals surface area contributed by atoms with Crippen molar-refractivity contribution in [2.45, 2.75) is 44.0 Å². The van der Waals surface area contributed by atoms with E-state index in [0.717, 1.165) is 5.25 Å². The zero-order valence-electron chi connectivity index (χ0n) is 12.4. The Morgan fingerprint density at radius 2 is 2.10 bits per heavy atom. The molecule has 2 atom stereocenters. The van der Waals surface area contributed by atoms with Gasteiger partial charge < -0.3 is 9.88 Å². The van der Waals surface area contributed by atoms with Gasteiger partial charge >= 0.3 is 5.69 Å². The molecule has 0 aromatic carbocycles. The van der Waals surface area contributed by atoms with Crippen molar-refractivity contribution < 1.29 is 0 Å². The molecule has 1 heterocycles. The molecule has 1 aromatic rings. The van der Waals surface area contributed by atoms with Crippen LogP contribution < -0.4 is 16.6 Å². The van der Waals surface area contributed by atoms with Crippen molar-refractivity contribution in [1.82, 2.24) is 14.5 Å². The third-order valence-corrected chi connectivity index (χ3v) is 5.12. The maximum Gasteiger partial charge on any atom is 0.330 e. The standard InChI is InChI=1S/C14H23N3O2S/c1-4-20-12-6-5-11(7-12)15-8-10-9-16(2)14(19)17(3)13(10)18/h9,11-12,15H,4-8H2,1-3H3. The molecule has 0 saturated heterocycles. The summed E-state index contributed by atoms with van der Waals surface area (Å²) in [5.41, 5.74) is 0.179. The van der Waals surface area contributed by atoms with Gasteiger partial charge in [0.15, 0.2) is 0 Å². The third kappa shape index (κ3) is 3.35. The lowest BCUT2D eigenvalue weighted by molar-refractivity contribution is 0.516. The Morgan fingerprint density at radius 3 is 2.80 bits per heavy atom. The Kier molecular flexibility index (Phi) is 5.10. The SMILES string of the molecule is CCSC1CCC(NCc2cn(C)c(=O)n(C)c2=O)C1. The Labute approximate surface area is 123 Å². The van der Waals surface area contributed by atoms with E-state index in [2.05, 4.69) is 12.2 Å². The van der Waals surface area contributed by atoms with Crippen LogP contribution in [0.2, 0.25) is 0 Å². The first-order chi connectivity index (χ1) is 9.52. The molecular weight excluding hydrogens is 274 g/mol. The van der Waals surface area contributed by atoms with Gasteiger partial charge in [0.1, 0.15) is 0 Å². The van der Waals surface area contributed by atoms with E-state index in [9.17, 15) is 9.59 Å². The number of nitrogens with zero attached hydrogens (tertiary/aromatic N) is 2. The van der Waals surface area contributed by atoms with E-state index in [4.69, 9.17) is 0 Å². The van der Waals surface area contributed by atoms with E-state index in [1.54, 1.807) is 13.2 Å². The number of rotatable bonds is 5. The average molecular weight is 297 g/mol. The van der Waals surface area contributed by atoms with Crippen molar-refractivity contribution in [2.24, 2.45) is 14.1 Å². The topological polar surface area (TPSA) is 56.0 Å². The van der Waals surface area contributed by atoms with E-state index in [-0.39, 0.29) is 11.2 Å². The number of thioether (sulfide) groups is 1. The van der Waals surface area contributed by atoms with E-state index in [1.807, 2.05) is 11.8 Å². The van der Waals surface area contributed by atoms with Crippen LogP contribution in [0.3, 0.4) is 0 Å². The van der Waals surface area contributed by atoms with Crippen LogP contribution >= 0.6 is 11.8 Å². The Bertz CT molecular complexity index is 579. The van der Waals surface area contributed by atoms with Crippen LogP contribution in [0, 0.1) is 0 Å². The number of nitrogens with one attached hydrogen (secondary N) is 1. The lowest BCUT2D eigenvalue weighted by atomic mass is 10.2. The zero-order chi connectivity index (χ0) is 14.7. The molecule has 1 aliphatic carbocycles. The second-order valence-corrected chi connectivity index (χ2v) is 6.96. The normalized spacial score (nSPS) is 22.4. The highest BCUT2D eigenvalue weighted by Crippen LogP contribution is 2.29. The molecule has 1 aliphatic rings. The zero-order valence-corrected chi connectivity index (χ0v) is 13.2. The molecule has 6 heteroatoms. The summed E-state index contributed by atoms with van der Waals surface area (Å²) in [6, 6.07) is 0.487. The fourth-order valence-corrected chi connectivity index (χ4v) is 3.91. The first-order valence-corrected chi connectivity index (χ1v) is 8.18. The minimum atomic E-state index is -0.279. The van der Waals surface area contributed by atoms with Gasteiger partial charge in [-0.1, -0.05) is 6.92 Å². The van der Waals surface area contributed by atoms with Crippen LogP contribution in [0.1, 0.15) is 31.7 Å². The molecule has 0 bridgehead atoms. The smallest absolute Gasteiger partial charge is 0.310 e. The highest BCUT2D eigenvalue weighted by atomic mass is 32.2. The van der Waals surface area contributed by atoms with E-state index in [0.29, 0.717) is 18.2 Å². The van der Waals surface area contributed by atoms with Gasteiger partial charge in [-0.15, -0.1) is 0 Å². The molecule has 1 aromatic heterocycles. The van der Waals surface area contributed by atoms with Crippen molar-refractivity contribution in [3.05, 3.63) is 32.6 Å². The summed E-state index contributed by atoms with van der Waals surface area (Å²) < 4.78 is 2.63. The summed E-state index contributed by atoms with van der Waals surface area (Å²) >= 11 is 2.02. The highest BCUT2D eigenvalue weighted by molar-refractivity contribution is 7.99. The van der Waals surface area contributed by atoms with Gasteiger partial charge in [0.25, 0.3) is 5.56 Å². The first-order valence-electron chi connectivity index (χ1n) is 7.13. The molecule has 5 nitrogen and oxygen atoms in total. The minimum Gasteiger partial charge on any atom is -0.310 e. The van der Waals surface area contributed by atoms with Crippen LogP contribution in [-0.4, -0.2) is 26.2 Å². The van der Waals surface area contributed by atoms with Gasteiger partial charge in [0.2, 0.25) is 0 Å². The summed E-state index contributed by atoms with van der Waals surface area (Å²) in [4.78, 5) is 23.6. The molecule has 0 amide bonds. The van der Waals surface area contributed by atoms with Crippen LogP contribution in [0.15, 0.2) is 15.8 Å². The number of hydrogen-bond donors (Lipinski definition) is 1. The summed E-state index contributed by atoms with van der Waals surface area (Å²) in [6.45, 7) is 2.73.